The van der Waals surface area contributed by atoms with E-state index in [1.165, 1.54) is 12.0 Å². The summed E-state index contributed by atoms with van der Waals surface area (Å²) in [6.45, 7) is 6.79. The normalized spacial score (nSPS) is 12.7. The number of benzene rings is 1. The van der Waals surface area contributed by atoms with E-state index in [2.05, 4.69) is 45.0 Å². The van der Waals surface area contributed by atoms with Crippen LogP contribution in [0.25, 0.3) is 0 Å². The molecule has 0 N–H and O–H groups in total. The van der Waals surface area contributed by atoms with Crippen molar-refractivity contribution in [3.8, 4) is 0 Å². The van der Waals surface area contributed by atoms with Crippen molar-refractivity contribution in [2.75, 3.05) is 0 Å². The maximum absolute atomic E-state index is 5.41. The van der Waals surface area contributed by atoms with Crippen molar-refractivity contribution in [1.29, 1.82) is 0 Å². The van der Waals surface area contributed by atoms with E-state index >= 15 is 0 Å². The van der Waals surface area contributed by atoms with Crippen molar-refractivity contribution in [3.63, 3.8) is 0 Å². The van der Waals surface area contributed by atoms with Crippen LogP contribution < -0.4 is 0 Å². The van der Waals surface area contributed by atoms with Gasteiger partial charge in [-0.1, -0.05) is 63.3 Å². The summed E-state index contributed by atoms with van der Waals surface area (Å²) in [4.78, 5) is 0. The third-order valence-corrected chi connectivity index (χ3v) is 5.09. The number of rotatable bonds is 5. The second-order valence-corrected chi connectivity index (χ2v) is 8.20. The third kappa shape index (κ3) is 7.12. The van der Waals surface area contributed by atoms with Gasteiger partial charge in [-0.3, -0.25) is 0 Å². The van der Waals surface area contributed by atoms with Gasteiger partial charge >= 0.3 is 0 Å². The summed E-state index contributed by atoms with van der Waals surface area (Å²) in [7, 11) is 0. The minimum Gasteiger partial charge on any atom is -0.105 e. The molecular formula is C14H20S3. The van der Waals surface area contributed by atoms with Crippen molar-refractivity contribution in [2.45, 2.75) is 38.2 Å². The topological polar surface area (TPSA) is 0 Å². The number of thioether (sulfide) groups is 2. The molecule has 0 aliphatic heterocycles. The Morgan fingerprint density at radius 1 is 1.18 bits per heavy atom. The van der Waals surface area contributed by atoms with Gasteiger partial charge in [0.15, 0.2) is 0 Å². The van der Waals surface area contributed by atoms with E-state index in [1.807, 2.05) is 17.8 Å². The van der Waals surface area contributed by atoms with E-state index in [-0.39, 0.29) is 0 Å². The molecule has 0 spiro atoms. The molecule has 0 aliphatic carbocycles. The molecule has 94 valence electrons. The van der Waals surface area contributed by atoms with Crippen LogP contribution in [0.2, 0.25) is 0 Å². The van der Waals surface area contributed by atoms with Gasteiger partial charge in [0, 0.05) is 11.0 Å². The van der Waals surface area contributed by atoms with Gasteiger partial charge in [-0.15, -0.1) is 23.5 Å². The summed E-state index contributed by atoms with van der Waals surface area (Å²) in [5.41, 5.74) is 1.34. The molecule has 3 heteroatoms. The van der Waals surface area contributed by atoms with E-state index in [0.29, 0.717) is 5.25 Å². The van der Waals surface area contributed by atoms with E-state index < -0.39 is 0 Å². The molecule has 0 heterocycles. The van der Waals surface area contributed by atoms with Crippen LogP contribution in [-0.2, 0) is 5.75 Å². The van der Waals surface area contributed by atoms with Crippen molar-refractivity contribution in [3.05, 3.63) is 35.9 Å². The third-order valence-electron chi connectivity index (χ3n) is 2.30. The molecule has 1 unspecified atom stereocenters. The molecule has 0 amide bonds. The monoisotopic (exact) mass is 284 g/mol. The standard InChI is InChI=1S/C14H20S3/c1-11(2)9-12(3)17-14(15)16-10-13-7-5-4-6-8-13/h4-8,11-12H,9-10H2,1-3H3. The fourth-order valence-electron chi connectivity index (χ4n) is 1.63. The lowest BCUT2D eigenvalue weighted by molar-refractivity contribution is 0.586. The number of hydrogen-bond donors (Lipinski definition) is 0. The zero-order chi connectivity index (χ0) is 12.7. The second-order valence-electron chi connectivity index (χ2n) is 4.58. The summed E-state index contributed by atoms with van der Waals surface area (Å²) in [6, 6.07) is 10.5. The van der Waals surface area contributed by atoms with Crippen LogP contribution in [0.4, 0.5) is 0 Å². The SMILES string of the molecule is CC(C)CC(C)SC(=S)SCc1ccccc1. The van der Waals surface area contributed by atoms with E-state index in [9.17, 15) is 0 Å². The summed E-state index contributed by atoms with van der Waals surface area (Å²) < 4.78 is 1.07. The predicted molar refractivity (Wildman–Crippen MR) is 86.8 cm³/mol. The highest BCUT2D eigenvalue weighted by Gasteiger charge is 2.09. The van der Waals surface area contributed by atoms with E-state index in [0.717, 1.165) is 15.2 Å². The minimum absolute atomic E-state index is 0.630. The Hall–Kier alpha value is 0.01000. The molecule has 1 aromatic rings. The molecule has 0 aromatic heterocycles. The van der Waals surface area contributed by atoms with Gasteiger partial charge in [-0.05, 0) is 17.9 Å². The minimum atomic E-state index is 0.630. The van der Waals surface area contributed by atoms with Gasteiger partial charge in [-0.2, -0.15) is 0 Å². The maximum atomic E-state index is 5.41. The van der Waals surface area contributed by atoms with Gasteiger partial charge in [0.05, 0.1) is 0 Å². The quantitative estimate of drug-likeness (QED) is 0.667. The predicted octanol–water partition coefficient (Wildman–Crippen LogP) is 5.37. The summed E-state index contributed by atoms with van der Waals surface area (Å²) in [6.07, 6.45) is 1.23. The number of hydrogen-bond acceptors (Lipinski definition) is 3. The van der Waals surface area contributed by atoms with Gasteiger partial charge in [0.1, 0.15) is 3.53 Å². The van der Waals surface area contributed by atoms with E-state index in [4.69, 9.17) is 12.2 Å². The Morgan fingerprint density at radius 3 is 2.41 bits per heavy atom. The summed E-state index contributed by atoms with van der Waals surface area (Å²) in [5.74, 6) is 1.74. The Balaban J connectivity index is 2.26. The summed E-state index contributed by atoms with van der Waals surface area (Å²) in [5, 5.41) is 0.630. The molecule has 1 atom stereocenters. The van der Waals surface area contributed by atoms with Crippen LogP contribution >= 0.6 is 35.7 Å². The first kappa shape index (κ1) is 15.1. The highest BCUT2D eigenvalue weighted by Crippen LogP contribution is 2.27. The Kier molecular flexibility index (Phi) is 7.24. The molecule has 17 heavy (non-hydrogen) atoms. The van der Waals surface area contributed by atoms with Crippen molar-refractivity contribution >= 4 is 39.3 Å². The molecule has 1 rings (SSSR count). The van der Waals surface area contributed by atoms with Crippen LogP contribution in [0.3, 0.4) is 0 Å². The fourth-order valence-corrected chi connectivity index (χ4v) is 4.52. The van der Waals surface area contributed by atoms with Crippen LogP contribution in [0.15, 0.2) is 30.3 Å². The lowest BCUT2D eigenvalue weighted by atomic mass is 10.1. The van der Waals surface area contributed by atoms with Crippen molar-refractivity contribution in [1.82, 2.24) is 0 Å². The van der Waals surface area contributed by atoms with Crippen LogP contribution in [0, 0.1) is 5.92 Å². The molecule has 0 saturated heterocycles. The van der Waals surface area contributed by atoms with Gasteiger partial charge in [-0.25, -0.2) is 0 Å². The van der Waals surface area contributed by atoms with Gasteiger partial charge in [0.25, 0.3) is 0 Å². The number of thiocarbonyl (C=S) groups is 1. The lowest BCUT2D eigenvalue weighted by Crippen LogP contribution is -2.03. The smallest absolute Gasteiger partial charge is 0.104 e. The molecule has 1 aromatic carbocycles. The first-order chi connectivity index (χ1) is 8.08. The highest BCUT2D eigenvalue weighted by molar-refractivity contribution is 8.47. The van der Waals surface area contributed by atoms with Crippen molar-refractivity contribution in [2.24, 2.45) is 5.92 Å². The van der Waals surface area contributed by atoms with Crippen molar-refractivity contribution < 1.29 is 0 Å². The molecular weight excluding hydrogens is 264 g/mol. The van der Waals surface area contributed by atoms with Crippen LogP contribution in [0.5, 0.6) is 0 Å². The molecule has 0 saturated carbocycles. The average Bonchev–Trinajstić information content (AvgIpc) is 2.26. The zero-order valence-electron chi connectivity index (χ0n) is 10.7. The molecule has 0 bridgehead atoms. The largest absolute Gasteiger partial charge is 0.105 e. The Bertz CT molecular complexity index is 333. The average molecular weight is 285 g/mol. The van der Waals surface area contributed by atoms with Crippen LogP contribution in [0.1, 0.15) is 32.8 Å². The van der Waals surface area contributed by atoms with Gasteiger partial charge in [0.2, 0.25) is 0 Å². The molecule has 0 fully saturated rings. The summed E-state index contributed by atoms with van der Waals surface area (Å²) >= 11 is 9.03. The Labute approximate surface area is 119 Å². The Morgan fingerprint density at radius 2 is 1.82 bits per heavy atom. The van der Waals surface area contributed by atoms with E-state index in [1.54, 1.807) is 11.8 Å². The highest BCUT2D eigenvalue weighted by atomic mass is 32.2. The lowest BCUT2D eigenvalue weighted by Gasteiger charge is -2.13. The second kappa shape index (κ2) is 8.17. The zero-order valence-corrected chi connectivity index (χ0v) is 13.1. The maximum Gasteiger partial charge on any atom is 0.104 e. The molecule has 0 aliphatic rings. The first-order valence-electron chi connectivity index (χ1n) is 5.95. The fraction of sp³-hybridized carbons (Fsp3) is 0.500. The van der Waals surface area contributed by atoms with Gasteiger partial charge < -0.3 is 0 Å². The molecule has 0 radical (unpaired) electrons. The first-order valence-corrected chi connectivity index (χ1v) is 8.22. The van der Waals surface area contributed by atoms with Crippen LogP contribution in [-0.4, -0.2) is 8.78 Å². The molecule has 0 nitrogen and oxygen atoms in total.